The number of rotatable bonds is 7. The number of carbonyl (C=O) groups is 3. The normalized spacial score (nSPS) is 10.3. The summed E-state index contributed by atoms with van der Waals surface area (Å²) < 4.78 is 13.8. The molecule has 0 bridgehead atoms. The van der Waals surface area contributed by atoms with Crippen LogP contribution in [0.2, 0.25) is 0 Å². The summed E-state index contributed by atoms with van der Waals surface area (Å²) in [6.45, 7) is 3.69. The molecule has 0 atom stereocenters. The summed E-state index contributed by atoms with van der Waals surface area (Å²) in [5, 5.41) is 8.09. The van der Waals surface area contributed by atoms with E-state index in [4.69, 9.17) is 0 Å². The van der Waals surface area contributed by atoms with Crippen LogP contribution < -0.4 is 16.0 Å². The summed E-state index contributed by atoms with van der Waals surface area (Å²) in [6, 6.07) is 9.06. The molecule has 0 unspecified atom stereocenters. The van der Waals surface area contributed by atoms with Crippen LogP contribution in [0, 0.1) is 12.7 Å². The lowest BCUT2D eigenvalue weighted by molar-refractivity contribution is -0.116. The van der Waals surface area contributed by atoms with E-state index in [2.05, 4.69) is 31.9 Å². The van der Waals surface area contributed by atoms with Gasteiger partial charge in [0.05, 0.1) is 5.56 Å². The smallest absolute Gasteiger partial charge is 0.252 e. The first kappa shape index (κ1) is 21.6. The average Bonchev–Trinajstić information content (AvgIpc) is 2.66. The second kappa shape index (κ2) is 9.98. The maximum absolute atomic E-state index is 13.3. The molecule has 3 N–H and O–H groups in total. The fourth-order valence-electron chi connectivity index (χ4n) is 2.35. The van der Waals surface area contributed by atoms with E-state index in [0.717, 1.165) is 11.6 Å². The highest BCUT2D eigenvalue weighted by molar-refractivity contribution is 9.10. The largest absolute Gasteiger partial charge is 0.351 e. The lowest BCUT2D eigenvalue weighted by Crippen LogP contribution is -2.28. The van der Waals surface area contributed by atoms with Crippen LogP contribution in [0.15, 0.2) is 40.9 Å². The Morgan fingerprint density at radius 3 is 2.50 bits per heavy atom. The molecule has 148 valence electrons. The van der Waals surface area contributed by atoms with Gasteiger partial charge in [0, 0.05) is 35.2 Å². The van der Waals surface area contributed by atoms with E-state index >= 15 is 0 Å². The van der Waals surface area contributed by atoms with E-state index in [-0.39, 0.29) is 30.3 Å². The molecule has 0 aliphatic carbocycles. The van der Waals surface area contributed by atoms with Crippen molar-refractivity contribution >= 4 is 45.0 Å². The Bertz CT molecular complexity index is 902. The molecule has 8 heteroatoms. The van der Waals surface area contributed by atoms with Crippen LogP contribution in [0.25, 0.3) is 0 Å². The Morgan fingerprint density at radius 1 is 1.04 bits per heavy atom. The van der Waals surface area contributed by atoms with Crippen molar-refractivity contribution in [2.24, 2.45) is 0 Å². The maximum atomic E-state index is 13.3. The molecule has 0 aliphatic rings. The topological polar surface area (TPSA) is 87.3 Å². The third kappa shape index (κ3) is 6.16. The summed E-state index contributed by atoms with van der Waals surface area (Å²) in [4.78, 5) is 35.8. The molecule has 0 aromatic heterocycles. The molecule has 0 fully saturated rings. The molecule has 2 aromatic rings. The summed E-state index contributed by atoms with van der Waals surface area (Å²) in [7, 11) is 0. The molecule has 6 nitrogen and oxygen atoms in total. The number of anilines is 2. The predicted molar refractivity (Wildman–Crippen MR) is 110 cm³/mol. The van der Waals surface area contributed by atoms with E-state index in [1.807, 2.05) is 6.92 Å². The molecule has 0 heterocycles. The van der Waals surface area contributed by atoms with E-state index < -0.39 is 11.7 Å². The lowest BCUT2D eigenvalue weighted by Gasteiger charge is -2.12. The van der Waals surface area contributed by atoms with Crippen molar-refractivity contribution in [1.82, 2.24) is 5.32 Å². The molecule has 0 aliphatic heterocycles. The van der Waals surface area contributed by atoms with Gasteiger partial charge >= 0.3 is 0 Å². The first-order valence-corrected chi connectivity index (χ1v) is 9.53. The van der Waals surface area contributed by atoms with Crippen LogP contribution in [0.1, 0.15) is 35.7 Å². The summed E-state index contributed by atoms with van der Waals surface area (Å²) >= 11 is 3.20. The van der Waals surface area contributed by atoms with Gasteiger partial charge in [-0.25, -0.2) is 4.39 Å². The van der Waals surface area contributed by atoms with Crippen molar-refractivity contribution in [3.05, 3.63) is 57.8 Å². The number of hydrogen-bond donors (Lipinski definition) is 3. The zero-order valence-corrected chi connectivity index (χ0v) is 17.2. The summed E-state index contributed by atoms with van der Waals surface area (Å²) in [5.74, 6) is -1.40. The zero-order valence-electron chi connectivity index (χ0n) is 15.6. The minimum atomic E-state index is -0.517. The quantitative estimate of drug-likeness (QED) is 0.596. The van der Waals surface area contributed by atoms with Crippen molar-refractivity contribution < 1.29 is 18.8 Å². The minimum Gasteiger partial charge on any atom is -0.351 e. The number of nitrogens with one attached hydrogen (secondary N) is 3. The van der Waals surface area contributed by atoms with E-state index in [1.54, 1.807) is 25.1 Å². The van der Waals surface area contributed by atoms with Crippen molar-refractivity contribution in [2.45, 2.75) is 26.7 Å². The van der Waals surface area contributed by atoms with Crippen molar-refractivity contribution in [2.75, 3.05) is 17.2 Å². The molecule has 28 heavy (non-hydrogen) atoms. The minimum absolute atomic E-state index is 0.0453. The van der Waals surface area contributed by atoms with Crippen molar-refractivity contribution in [3.8, 4) is 0 Å². The van der Waals surface area contributed by atoms with Crippen LogP contribution in [-0.2, 0) is 9.59 Å². The second-order valence-electron chi connectivity index (χ2n) is 6.11. The maximum Gasteiger partial charge on any atom is 0.252 e. The molecular weight excluding hydrogens is 429 g/mol. The van der Waals surface area contributed by atoms with Gasteiger partial charge in [0.2, 0.25) is 11.8 Å². The number of hydrogen-bond acceptors (Lipinski definition) is 3. The van der Waals surface area contributed by atoms with Gasteiger partial charge in [-0.05, 0) is 58.7 Å². The first-order chi connectivity index (χ1) is 13.3. The first-order valence-electron chi connectivity index (χ1n) is 8.73. The van der Waals surface area contributed by atoms with Gasteiger partial charge in [0.1, 0.15) is 5.82 Å². The van der Waals surface area contributed by atoms with Crippen LogP contribution >= 0.6 is 15.9 Å². The van der Waals surface area contributed by atoms with Gasteiger partial charge < -0.3 is 16.0 Å². The van der Waals surface area contributed by atoms with Crippen LogP contribution in [-0.4, -0.2) is 24.3 Å². The fraction of sp³-hybridized carbons (Fsp3) is 0.250. The molecule has 0 saturated carbocycles. The molecule has 2 aromatic carbocycles. The Balaban J connectivity index is 1.90. The molecule has 0 spiro atoms. The third-order valence-corrected chi connectivity index (χ3v) is 4.62. The van der Waals surface area contributed by atoms with E-state index in [1.165, 1.54) is 12.1 Å². The number of aryl methyl sites for hydroxylation is 1. The number of carbonyl (C=O) groups excluding carboxylic acids is 3. The monoisotopic (exact) mass is 449 g/mol. The van der Waals surface area contributed by atoms with Gasteiger partial charge in [0.25, 0.3) is 5.91 Å². The van der Waals surface area contributed by atoms with Crippen molar-refractivity contribution in [1.29, 1.82) is 0 Å². The molecular formula is C20H21BrFN3O3. The lowest BCUT2D eigenvalue weighted by atomic mass is 10.1. The van der Waals surface area contributed by atoms with E-state index in [0.29, 0.717) is 22.3 Å². The SMILES string of the molecule is CCC(=O)Nc1ccc(C)c(NC(=O)CCNC(=O)c2cc(F)ccc2Br)c1. The predicted octanol–water partition coefficient (Wildman–Crippen LogP) is 4.00. The van der Waals surface area contributed by atoms with Gasteiger partial charge in [-0.1, -0.05) is 13.0 Å². The molecule has 0 radical (unpaired) electrons. The number of halogens is 2. The third-order valence-electron chi connectivity index (χ3n) is 3.93. The van der Waals surface area contributed by atoms with Crippen LogP contribution in [0.4, 0.5) is 15.8 Å². The number of benzene rings is 2. The van der Waals surface area contributed by atoms with Gasteiger partial charge in [-0.15, -0.1) is 0 Å². The Morgan fingerprint density at radius 2 is 1.79 bits per heavy atom. The van der Waals surface area contributed by atoms with E-state index in [9.17, 15) is 18.8 Å². The highest BCUT2D eigenvalue weighted by Crippen LogP contribution is 2.21. The van der Waals surface area contributed by atoms with Gasteiger partial charge in [0.15, 0.2) is 0 Å². The van der Waals surface area contributed by atoms with Crippen LogP contribution in [0.5, 0.6) is 0 Å². The van der Waals surface area contributed by atoms with Gasteiger partial charge in [-0.3, -0.25) is 14.4 Å². The number of amides is 3. The second-order valence-corrected chi connectivity index (χ2v) is 6.96. The molecule has 0 saturated heterocycles. The van der Waals surface area contributed by atoms with Gasteiger partial charge in [-0.2, -0.15) is 0 Å². The Kier molecular flexibility index (Phi) is 7.69. The van der Waals surface area contributed by atoms with Crippen molar-refractivity contribution in [3.63, 3.8) is 0 Å². The average molecular weight is 450 g/mol. The summed E-state index contributed by atoms with van der Waals surface area (Å²) in [5.41, 5.74) is 2.18. The Hall–Kier alpha value is -2.74. The highest BCUT2D eigenvalue weighted by Gasteiger charge is 2.12. The molecule has 3 amide bonds. The standard InChI is InChI=1S/C20H21BrFN3O3/c1-3-18(26)24-14-6-4-12(2)17(11-14)25-19(27)8-9-23-20(28)15-10-13(22)5-7-16(15)21/h4-7,10-11H,3,8-9H2,1-2H3,(H,23,28)(H,24,26)(H,25,27). The fourth-order valence-corrected chi connectivity index (χ4v) is 2.78. The van der Waals surface area contributed by atoms with Crippen LogP contribution in [0.3, 0.4) is 0 Å². The Labute approximate surface area is 171 Å². The highest BCUT2D eigenvalue weighted by atomic mass is 79.9. The molecule has 2 rings (SSSR count). The summed E-state index contributed by atoms with van der Waals surface area (Å²) in [6.07, 6.45) is 0.403. The zero-order chi connectivity index (χ0) is 20.7.